The van der Waals surface area contributed by atoms with E-state index in [0.29, 0.717) is 22.3 Å². The van der Waals surface area contributed by atoms with E-state index in [9.17, 15) is 13.2 Å². The number of methoxy groups -OCH3 is 1. The first-order chi connectivity index (χ1) is 20.6. The topological polar surface area (TPSA) is 78.3 Å². The van der Waals surface area contributed by atoms with Gasteiger partial charge in [0.2, 0.25) is 0 Å². The second kappa shape index (κ2) is 13.0. The van der Waals surface area contributed by atoms with Crippen LogP contribution in [0, 0.1) is 0 Å². The summed E-state index contributed by atoms with van der Waals surface area (Å²) in [7, 11) is -1.91. The van der Waals surface area contributed by atoms with Crippen molar-refractivity contribution < 1.29 is 17.9 Å². The molecular weight excluding hydrogens is 603 g/mol. The maximum atomic E-state index is 12.0. The number of nitrogens with zero attached hydrogens (tertiary/aromatic N) is 2. The van der Waals surface area contributed by atoms with Crippen molar-refractivity contribution in [2.45, 2.75) is 17.9 Å². The van der Waals surface area contributed by atoms with Crippen molar-refractivity contribution in [3.63, 3.8) is 0 Å². The van der Waals surface area contributed by atoms with E-state index in [4.69, 9.17) is 32.9 Å². The molecule has 5 aromatic rings. The highest BCUT2D eigenvalue weighted by atomic mass is 35.5. The molecule has 0 saturated carbocycles. The van der Waals surface area contributed by atoms with Crippen molar-refractivity contribution in [3.05, 3.63) is 130 Å². The lowest BCUT2D eigenvalue weighted by Crippen LogP contribution is -2.05. The molecule has 0 atom stereocenters. The fraction of sp³-hybridized carbons (Fsp3) is 0.118. The van der Waals surface area contributed by atoms with Crippen LogP contribution in [0.1, 0.15) is 22.5 Å². The molecule has 0 saturated heterocycles. The number of sulfone groups is 1. The predicted octanol–water partition coefficient (Wildman–Crippen LogP) is 7.86. The highest BCUT2D eigenvalue weighted by molar-refractivity contribution is 7.90. The summed E-state index contributed by atoms with van der Waals surface area (Å²) in [4.78, 5) is 16.8. The molecule has 9 heteroatoms. The van der Waals surface area contributed by atoms with E-state index >= 15 is 0 Å². The van der Waals surface area contributed by atoms with E-state index in [1.165, 1.54) is 13.4 Å². The van der Waals surface area contributed by atoms with Gasteiger partial charge < -0.3 is 9.30 Å². The summed E-state index contributed by atoms with van der Waals surface area (Å²) < 4.78 is 30.8. The molecule has 218 valence electrons. The van der Waals surface area contributed by atoms with E-state index < -0.39 is 9.84 Å². The lowest BCUT2D eigenvalue weighted by atomic mass is 10.0. The zero-order valence-corrected chi connectivity index (χ0v) is 25.8. The number of aromatic nitrogens is 2. The first-order valence-corrected chi connectivity index (χ1v) is 16.0. The highest BCUT2D eigenvalue weighted by Crippen LogP contribution is 2.31. The van der Waals surface area contributed by atoms with Gasteiger partial charge in [-0.05, 0) is 64.2 Å². The van der Waals surface area contributed by atoms with Gasteiger partial charge in [0.15, 0.2) is 9.84 Å². The van der Waals surface area contributed by atoms with Crippen LogP contribution in [-0.2, 0) is 32.3 Å². The number of carbonyl (C=O) groups excluding carboxylic acids is 1. The normalized spacial score (nSPS) is 11.6. The Morgan fingerprint density at radius 3 is 2.28 bits per heavy atom. The van der Waals surface area contributed by atoms with Crippen molar-refractivity contribution in [1.82, 2.24) is 9.55 Å². The molecule has 43 heavy (non-hydrogen) atoms. The standard InChI is InChI=1S/C34H28Cl2N2O4S/c1-42-34(39)18-24-6-8-25(9-7-24)21-38-22-32(30-16-15-28(35)20-31(30)36)37-33(38)17-12-23-10-13-26(14-11-23)27-4-3-5-29(19-27)43(2,40)41/h3-17,19-20,22H,18,21H2,1-2H3/b17-12+. The number of rotatable bonds is 9. The van der Waals surface area contributed by atoms with Crippen LogP contribution in [0.25, 0.3) is 34.5 Å². The number of esters is 1. The number of carbonyl (C=O) groups is 1. The summed E-state index contributed by atoms with van der Waals surface area (Å²) in [6.45, 7) is 0.548. The Morgan fingerprint density at radius 2 is 1.60 bits per heavy atom. The Morgan fingerprint density at radius 1 is 0.884 bits per heavy atom. The third kappa shape index (κ3) is 7.62. The monoisotopic (exact) mass is 630 g/mol. The van der Waals surface area contributed by atoms with Gasteiger partial charge in [0.05, 0.1) is 29.1 Å². The van der Waals surface area contributed by atoms with Crippen molar-refractivity contribution in [2.75, 3.05) is 13.4 Å². The van der Waals surface area contributed by atoms with Gasteiger partial charge in [-0.25, -0.2) is 13.4 Å². The van der Waals surface area contributed by atoms with Crippen molar-refractivity contribution in [1.29, 1.82) is 0 Å². The van der Waals surface area contributed by atoms with Crippen LogP contribution in [-0.4, -0.2) is 37.3 Å². The molecule has 6 nitrogen and oxygen atoms in total. The molecule has 4 aromatic carbocycles. The summed E-state index contributed by atoms with van der Waals surface area (Å²) in [5.74, 6) is 0.444. The van der Waals surface area contributed by atoms with E-state index in [-0.39, 0.29) is 17.3 Å². The summed E-state index contributed by atoms with van der Waals surface area (Å²) in [6, 6.07) is 27.9. The van der Waals surface area contributed by atoms with Crippen LogP contribution in [0.3, 0.4) is 0 Å². The highest BCUT2D eigenvalue weighted by Gasteiger charge is 2.13. The molecule has 0 aliphatic heterocycles. The predicted molar refractivity (Wildman–Crippen MR) is 173 cm³/mol. The van der Waals surface area contributed by atoms with Gasteiger partial charge in [0.1, 0.15) is 5.82 Å². The summed E-state index contributed by atoms with van der Waals surface area (Å²) in [5, 5.41) is 1.06. The van der Waals surface area contributed by atoms with E-state index in [1.54, 1.807) is 30.3 Å². The Kier molecular flexibility index (Phi) is 9.16. The van der Waals surface area contributed by atoms with Crippen molar-refractivity contribution in [2.24, 2.45) is 0 Å². The Balaban J connectivity index is 1.43. The number of ether oxygens (including phenoxy) is 1. The van der Waals surface area contributed by atoms with Gasteiger partial charge in [-0.1, -0.05) is 89.9 Å². The SMILES string of the molecule is COC(=O)Cc1ccc(Cn2cc(-c3ccc(Cl)cc3Cl)nc2/C=C/c2ccc(-c3cccc(S(C)(=O)=O)c3)cc2)cc1. The molecule has 0 spiro atoms. The summed E-state index contributed by atoms with van der Waals surface area (Å²) in [6.07, 6.45) is 7.29. The Hall–Kier alpha value is -4.17. The van der Waals surface area contributed by atoms with Gasteiger partial charge in [-0.15, -0.1) is 0 Å². The quantitative estimate of drug-likeness (QED) is 0.155. The summed E-state index contributed by atoms with van der Waals surface area (Å²) >= 11 is 12.6. The molecule has 0 bridgehead atoms. The molecule has 0 radical (unpaired) electrons. The number of benzene rings is 4. The molecule has 1 aromatic heterocycles. The number of halogens is 2. The maximum Gasteiger partial charge on any atom is 0.309 e. The maximum absolute atomic E-state index is 12.0. The van der Waals surface area contributed by atoms with Gasteiger partial charge in [-0.2, -0.15) is 0 Å². The zero-order chi connectivity index (χ0) is 30.6. The van der Waals surface area contributed by atoms with Gasteiger partial charge in [0.25, 0.3) is 0 Å². The van der Waals surface area contributed by atoms with Gasteiger partial charge in [0, 0.05) is 29.6 Å². The Labute approximate surface area is 261 Å². The van der Waals surface area contributed by atoms with Crippen molar-refractivity contribution in [3.8, 4) is 22.4 Å². The van der Waals surface area contributed by atoms with Crippen LogP contribution >= 0.6 is 23.2 Å². The molecule has 0 N–H and O–H groups in total. The zero-order valence-electron chi connectivity index (χ0n) is 23.5. The molecule has 0 amide bonds. The fourth-order valence-electron chi connectivity index (χ4n) is 4.58. The third-order valence-corrected chi connectivity index (χ3v) is 8.56. The fourth-order valence-corrected chi connectivity index (χ4v) is 5.75. The smallest absolute Gasteiger partial charge is 0.309 e. The van der Waals surface area contributed by atoms with Gasteiger partial charge >= 0.3 is 5.97 Å². The van der Waals surface area contributed by atoms with Gasteiger partial charge in [-0.3, -0.25) is 4.79 Å². The lowest BCUT2D eigenvalue weighted by molar-refractivity contribution is -0.139. The molecule has 0 unspecified atom stereocenters. The molecule has 0 aliphatic rings. The van der Waals surface area contributed by atoms with E-state index in [0.717, 1.165) is 39.2 Å². The average Bonchev–Trinajstić information content (AvgIpc) is 3.38. The lowest BCUT2D eigenvalue weighted by Gasteiger charge is -2.07. The Bertz CT molecular complexity index is 1910. The minimum atomic E-state index is -3.29. The molecule has 0 fully saturated rings. The van der Waals surface area contributed by atoms with E-state index in [1.807, 2.05) is 83.6 Å². The number of imidazole rings is 1. The largest absolute Gasteiger partial charge is 0.469 e. The van der Waals surface area contributed by atoms with Crippen LogP contribution in [0.4, 0.5) is 0 Å². The molecular formula is C34H28Cl2N2O4S. The van der Waals surface area contributed by atoms with Crippen LogP contribution in [0.5, 0.6) is 0 Å². The van der Waals surface area contributed by atoms with E-state index in [2.05, 4.69) is 0 Å². The minimum Gasteiger partial charge on any atom is -0.469 e. The summed E-state index contributed by atoms with van der Waals surface area (Å²) in [5.41, 5.74) is 6.10. The third-order valence-electron chi connectivity index (χ3n) is 6.90. The number of hydrogen-bond acceptors (Lipinski definition) is 5. The van der Waals surface area contributed by atoms with Crippen LogP contribution in [0.15, 0.2) is 102 Å². The molecule has 1 heterocycles. The molecule has 5 rings (SSSR count). The first kappa shape index (κ1) is 30.3. The average molecular weight is 632 g/mol. The second-order valence-corrected chi connectivity index (χ2v) is 12.9. The number of hydrogen-bond donors (Lipinski definition) is 0. The van der Waals surface area contributed by atoms with Crippen LogP contribution in [0.2, 0.25) is 10.0 Å². The minimum absolute atomic E-state index is 0.219. The van der Waals surface area contributed by atoms with Crippen molar-refractivity contribution >= 4 is 51.2 Å². The second-order valence-electron chi connectivity index (χ2n) is 10.1. The first-order valence-electron chi connectivity index (χ1n) is 13.3. The van der Waals surface area contributed by atoms with Crippen LogP contribution < -0.4 is 0 Å². The molecule has 0 aliphatic carbocycles.